The average Bonchev–Trinajstić information content (AvgIpc) is 3.11. The van der Waals surface area contributed by atoms with Gasteiger partial charge in [0.1, 0.15) is 12.3 Å². The molecule has 0 aliphatic carbocycles. The lowest BCUT2D eigenvalue weighted by molar-refractivity contribution is -0.135. The molecule has 0 radical (unpaired) electrons. The van der Waals surface area contributed by atoms with E-state index >= 15 is 0 Å². The first-order chi connectivity index (χ1) is 12.8. The van der Waals surface area contributed by atoms with Gasteiger partial charge in [0.2, 0.25) is 5.91 Å². The number of fused-ring (bicyclic) bond motifs is 1. The highest BCUT2D eigenvalue weighted by molar-refractivity contribution is 5.88. The van der Waals surface area contributed by atoms with Crippen LogP contribution in [-0.4, -0.2) is 34.0 Å². The summed E-state index contributed by atoms with van der Waals surface area (Å²) in [5, 5.41) is 1.03. The van der Waals surface area contributed by atoms with Crippen molar-refractivity contribution in [3.8, 4) is 5.75 Å². The van der Waals surface area contributed by atoms with E-state index in [1.54, 1.807) is 13.3 Å². The Balaban J connectivity index is 1.59. The van der Waals surface area contributed by atoms with Crippen molar-refractivity contribution < 1.29 is 9.53 Å². The Morgan fingerprint density at radius 1 is 1.23 bits per heavy atom. The second kappa shape index (κ2) is 7.20. The molecule has 4 rings (SSSR count). The maximum Gasteiger partial charge on any atom is 0.243 e. The van der Waals surface area contributed by atoms with Gasteiger partial charge in [-0.15, -0.1) is 0 Å². The topological polar surface area (TPSA) is 47.4 Å². The third kappa shape index (κ3) is 3.05. The maximum atomic E-state index is 13.1. The minimum Gasteiger partial charge on any atom is -0.496 e. The van der Waals surface area contributed by atoms with Gasteiger partial charge in [-0.3, -0.25) is 9.78 Å². The molecular weight excluding hydrogens is 326 g/mol. The molecule has 0 saturated carbocycles. The van der Waals surface area contributed by atoms with E-state index in [4.69, 9.17) is 4.74 Å². The summed E-state index contributed by atoms with van der Waals surface area (Å²) in [6, 6.07) is 12.1. The van der Waals surface area contributed by atoms with Crippen molar-refractivity contribution in [2.24, 2.45) is 0 Å². The Morgan fingerprint density at radius 3 is 2.96 bits per heavy atom. The van der Waals surface area contributed by atoms with E-state index in [2.05, 4.69) is 11.1 Å². The number of aromatic nitrogens is 2. The van der Waals surface area contributed by atoms with Crippen LogP contribution in [0.4, 0.5) is 0 Å². The van der Waals surface area contributed by atoms with E-state index in [-0.39, 0.29) is 11.9 Å². The molecule has 1 fully saturated rings. The van der Waals surface area contributed by atoms with Gasteiger partial charge in [-0.1, -0.05) is 12.1 Å². The number of hydrogen-bond acceptors (Lipinski definition) is 3. The van der Waals surface area contributed by atoms with Crippen LogP contribution in [0.5, 0.6) is 5.75 Å². The zero-order valence-electron chi connectivity index (χ0n) is 15.0. The molecule has 0 N–H and O–H groups in total. The zero-order valence-corrected chi connectivity index (χ0v) is 15.0. The van der Waals surface area contributed by atoms with Crippen LogP contribution in [0.25, 0.3) is 10.9 Å². The molecule has 3 aromatic rings. The Kier molecular flexibility index (Phi) is 4.61. The van der Waals surface area contributed by atoms with Gasteiger partial charge in [-0.2, -0.15) is 0 Å². The van der Waals surface area contributed by atoms with Crippen molar-refractivity contribution in [1.29, 1.82) is 0 Å². The van der Waals surface area contributed by atoms with Crippen molar-refractivity contribution in [3.63, 3.8) is 0 Å². The Hall–Kier alpha value is -2.82. The third-order valence-electron chi connectivity index (χ3n) is 5.19. The molecule has 0 spiro atoms. The number of rotatable bonds is 4. The minimum atomic E-state index is 0.126. The molecule has 1 amide bonds. The van der Waals surface area contributed by atoms with E-state index in [1.165, 1.54) is 0 Å². The van der Waals surface area contributed by atoms with Crippen molar-refractivity contribution in [3.05, 3.63) is 60.6 Å². The van der Waals surface area contributed by atoms with Crippen molar-refractivity contribution >= 4 is 16.8 Å². The molecule has 0 bridgehead atoms. The van der Waals surface area contributed by atoms with Crippen molar-refractivity contribution in [2.45, 2.75) is 31.8 Å². The predicted molar refractivity (Wildman–Crippen MR) is 101 cm³/mol. The number of methoxy groups -OCH3 is 1. The summed E-state index contributed by atoms with van der Waals surface area (Å²) in [5.41, 5.74) is 2.15. The lowest BCUT2D eigenvalue weighted by Gasteiger charge is -2.36. The molecule has 2 aromatic heterocycles. The van der Waals surface area contributed by atoms with Crippen LogP contribution in [0.2, 0.25) is 0 Å². The monoisotopic (exact) mass is 349 g/mol. The summed E-state index contributed by atoms with van der Waals surface area (Å²) >= 11 is 0. The van der Waals surface area contributed by atoms with Crippen LogP contribution in [0.15, 0.2) is 55.0 Å². The summed E-state index contributed by atoms with van der Waals surface area (Å²) in [4.78, 5) is 19.4. The molecule has 5 nitrogen and oxygen atoms in total. The Labute approximate surface area is 153 Å². The van der Waals surface area contributed by atoms with Crippen molar-refractivity contribution in [2.75, 3.05) is 13.7 Å². The smallest absolute Gasteiger partial charge is 0.243 e. The first-order valence-corrected chi connectivity index (χ1v) is 9.09. The lowest BCUT2D eigenvalue weighted by Crippen LogP contribution is -2.40. The van der Waals surface area contributed by atoms with E-state index in [9.17, 15) is 4.79 Å². The minimum absolute atomic E-state index is 0.126. The SMILES string of the molecule is COc1cccc2c1ccn2CC(=O)N1CCCCC1c1cccnc1. The molecule has 134 valence electrons. The van der Waals surface area contributed by atoms with Crippen LogP contribution in [0, 0.1) is 0 Å². The van der Waals surface area contributed by atoms with Crippen LogP contribution < -0.4 is 4.74 Å². The highest BCUT2D eigenvalue weighted by atomic mass is 16.5. The number of ether oxygens (including phenoxy) is 1. The van der Waals surface area contributed by atoms with Gasteiger partial charge in [0.25, 0.3) is 0 Å². The lowest BCUT2D eigenvalue weighted by atomic mass is 9.96. The second-order valence-electron chi connectivity index (χ2n) is 6.72. The van der Waals surface area contributed by atoms with E-state index in [1.807, 2.05) is 52.2 Å². The first-order valence-electron chi connectivity index (χ1n) is 9.09. The van der Waals surface area contributed by atoms with Gasteiger partial charge >= 0.3 is 0 Å². The van der Waals surface area contributed by atoms with Gasteiger partial charge < -0.3 is 14.2 Å². The number of piperidine rings is 1. The highest BCUT2D eigenvalue weighted by Crippen LogP contribution is 2.31. The zero-order chi connectivity index (χ0) is 17.9. The van der Waals surface area contributed by atoms with Gasteiger partial charge in [0.15, 0.2) is 0 Å². The number of hydrogen-bond donors (Lipinski definition) is 0. The van der Waals surface area contributed by atoms with Gasteiger partial charge in [-0.05, 0) is 49.1 Å². The van der Waals surface area contributed by atoms with E-state index in [0.29, 0.717) is 6.54 Å². The number of carbonyl (C=O) groups excluding carboxylic acids is 1. The summed E-state index contributed by atoms with van der Waals surface area (Å²) in [5.74, 6) is 0.985. The number of pyridine rings is 1. The maximum absolute atomic E-state index is 13.1. The summed E-state index contributed by atoms with van der Waals surface area (Å²) in [6.45, 7) is 1.15. The van der Waals surface area contributed by atoms with Crippen LogP contribution in [0.1, 0.15) is 30.9 Å². The number of nitrogens with zero attached hydrogens (tertiary/aromatic N) is 3. The summed E-state index contributed by atoms with van der Waals surface area (Å²) in [6.07, 6.45) is 8.82. The van der Waals surface area contributed by atoms with Crippen molar-refractivity contribution in [1.82, 2.24) is 14.5 Å². The number of likely N-dealkylation sites (tertiary alicyclic amines) is 1. The molecule has 26 heavy (non-hydrogen) atoms. The number of carbonyl (C=O) groups is 1. The summed E-state index contributed by atoms with van der Waals surface area (Å²) < 4.78 is 7.43. The Bertz CT molecular complexity index is 904. The number of benzene rings is 1. The molecule has 1 aliphatic heterocycles. The molecular formula is C21H23N3O2. The highest BCUT2D eigenvalue weighted by Gasteiger charge is 2.28. The van der Waals surface area contributed by atoms with Crippen LogP contribution in [-0.2, 0) is 11.3 Å². The molecule has 1 unspecified atom stereocenters. The molecule has 1 saturated heterocycles. The van der Waals surface area contributed by atoms with E-state index < -0.39 is 0 Å². The second-order valence-corrected chi connectivity index (χ2v) is 6.72. The molecule has 5 heteroatoms. The van der Waals surface area contributed by atoms with E-state index in [0.717, 1.165) is 48.0 Å². The van der Waals surface area contributed by atoms with Gasteiger partial charge in [0.05, 0.1) is 18.7 Å². The quantitative estimate of drug-likeness (QED) is 0.720. The fourth-order valence-electron chi connectivity index (χ4n) is 3.90. The molecule has 3 heterocycles. The fourth-order valence-corrected chi connectivity index (χ4v) is 3.90. The number of amides is 1. The molecule has 1 aromatic carbocycles. The molecule has 1 atom stereocenters. The van der Waals surface area contributed by atoms with Crippen LogP contribution in [0.3, 0.4) is 0 Å². The predicted octanol–water partition coefficient (Wildman–Crippen LogP) is 3.80. The normalized spacial score (nSPS) is 17.4. The third-order valence-corrected chi connectivity index (χ3v) is 5.19. The summed E-state index contributed by atoms with van der Waals surface area (Å²) in [7, 11) is 1.67. The first kappa shape index (κ1) is 16.6. The van der Waals surface area contributed by atoms with Crippen LogP contribution >= 0.6 is 0 Å². The Morgan fingerprint density at radius 2 is 2.15 bits per heavy atom. The van der Waals surface area contributed by atoms with Gasteiger partial charge in [0, 0.05) is 30.5 Å². The average molecular weight is 349 g/mol. The fraction of sp³-hybridized carbons (Fsp3) is 0.333. The van der Waals surface area contributed by atoms with Gasteiger partial charge in [-0.25, -0.2) is 0 Å². The largest absolute Gasteiger partial charge is 0.496 e. The molecule has 1 aliphatic rings. The standard InChI is InChI=1S/C21H23N3O2/c1-26-20-9-4-8-19-17(20)10-13-23(19)15-21(25)24-12-3-2-7-18(24)16-6-5-11-22-14-16/h4-6,8-11,13-14,18H,2-3,7,12,15H2,1H3.